The Labute approximate surface area is 120 Å². The van der Waals surface area contributed by atoms with Crippen molar-refractivity contribution < 1.29 is 30.7 Å². The zero-order chi connectivity index (χ0) is 17.0. The molecule has 0 radical (unpaired) electrons. The predicted molar refractivity (Wildman–Crippen MR) is 62.9 cm³/mol. The minimum absolute atomic E-state index is 0.0669. The van der Waals surface area contributed by atoms with Crippen molar-refractivity contribution >= 4 is 0 Å². The van der Waals surface area contributed by atoms with Crippen molar-refractivity contribution in [3.8, 4) is 6.07 Å². The highest BCUT2D eigenvalue weighted by Crippen LogP contribution is 2.49. The summed E-state index contributed by atoms with van der Waals surface area (Å²) in [4.78, 5) is 0. The molecule has 0 aromatic heterocycles. The number of alkyl halides is 7. The summed E-state index contributed by atoms with van der Waals surface area (Å²) in [6.07, 6.45) is -6.53. The molecule has 0 spiro atoms. The average Bonchev–Trinajstić information content (AvgIpc) is 2.43. The molecule has 1 N–H and O–H groups in total. The molecule has 0 fully saturated rings. The molecule has 0 aliphatic rings. The second-order valence-electron chi connectivity index (χ2n) is 4.17. The van der Waals surface area contributed by atoms with Gasteiger partial charge in [-0.3, -0.25) is 0 Å². The summed E-state index contributed by atoms with van der Waals surface area (Å²) in [5.74, 6) is -11.9. The molecule has 120 valence electrons. The van der Waals surface area contributed by atoms with Crippen LogP contribution in [0.3, 0.4) is 0 Å². The maximum Gasteiger partial charge on any atom is 0.460 e. The Kier molecular flexibility index (Phi) is 5.06. The number of hydrogen-bond acceptors (Lipinski definition) is 2. The van der Waals surface area contributed by atoms with Crippen molar-refractivity contribution in [2.45, 2.75) is 24.6 Å². The minimum atomic E-state index is -6.46. The van der Waals surface area contributed by atoms with E-state index in [1.54, 1.807) is 11.4 Å². The second-order valence-corrected chi connectivity index (χ2v) is 4.17. The van der Waals surface area contributed by atoms with Gasteiger partial charge in [0.2, 0.25) is 0 Å². The van der Waals surface area contributed by atoms with Crippen LogP contribution in [-0.2, 0) is 6.54 Å². The van der Waals surface area contributed by atoms with Gasteiger partial charge in [-0.15, -0.1) is 0 Å². The van der Waals surface area contributed by atoms with Crippen LogP contribution in [-0.4, -0.2) is 18.0 Å². The van der Waals surface area contributed by atoms with E-state index in [2.05, 4.69) is 0 Å². The SMILES string of the molecule is N#C/C=C(\NCc1ccccc1)C(F)(F)C(F)(F)C(F)(F)F. The van der Waals surface area contributed by atoms with Crippen molar-refractivity contribution in [2.75, 3.05) is 0 Å². The first-order valence-corrected chi connectivity index (χ1v) is 5.74. The lowest BCUT2D eigenvalue weighted by Crippen LogP contribution is -2.55. The van der Waals surface area contributed by atoms with Crippen LogP contribution in [0.15, 0.2) is 42.1 Å². The molecule has 1 aromatic rings. The average molecular weight is 326 g/mol. The Morgan fingerprint density at radius 3 is 2.05 bits per heavy atom. The number of rotatable bonds is 5. The van der Waals surface area contributed by atoms with Gasteiger partial charge < -0.3 is 5.32 Å². The molecular weight excluding hydrogens is 317 g/mol. The summed E-state index contributed by atoms with van der Waals surface area (Å²) < 4.78 is 89.3. The van der Waals surface area contributed by atoms with Gasteiger partial charge in [0.25, 0.3) is 0 Å². The number of halogens is 7. The fourth-order valence-corrected chi connectivity index (χ4v) is 1.46. The van der Waals surface area contributed by atoms with Crippen LogP contribution in [0.4, 0.5) is 30.7 Å². The third kappa shape index (κ3) is 3.50. The van der Waals surface area contributed by atoms with Crippen LogP contribution in [0.1, 0.15) is 5.56 Å². The van der Waals surface area contributed by atoms with Gasteiger partial charge in [-0.25, -0.2) is 0 Å². The molecule has 2 nitrogen and oxygen atoms in total. The van der Waals surface area contributed by atoms with Crippen LogP contribution in [0.25, 0.3) is 0 Å². The Morgan fingerprint density at radius 1 is 1.05 bits per heavy atom. The third-order valence-corrected chi connectivity index (χ3v) is 2.62. The van der Waals surface area contributed by atoms with E-state index in [0.717, 1.165) is 6.07 Å². The molecule has 0 unspecified atom stereocenters. The summed E-state index contributed by atoms with van der Waals surface area (Å²) in [6.45, 7) is -0.447. The molecule has 9 heteroatoms. The number of nitrogens with zero attached hydrogens (tertiary/aromatic N) is 1. The lowest BCUT2D eigenvalue weighted by molar-refractivity contribution is -0.345. The van der Waals surface area contributed by atoms with Crippen molar-refractivity contribution in [1.82, 2.24) is 5.32 Å². The van der Waals surface area contributed by atoms with E-state index in [1.165, 1.54) is 24.3 Å². The highest BCUT2D eigenvalue weighted by Gasteiger charge is 2.74. The zero-order valence-corrected chi connectivity index (χ0v) is 10.8. The molecule has 0 bridgehead atoms. The smallest absolute Gasteiger partial charge is 0.379 e. The lowest BCUT2D eigenvalue weighted by atomic mass is 10.1. The van der Waals surface area contributed by atoms with E-state index in [-0.39, 0.29) is 6.08 Å². The minimum Gasteiger partial charge on any atom is -0.379 e. The second kappa shape index (κ2) is 6.25. The summed E-state index contributed by atoms with van der Waals surface area (Å²) in [7, 11) is 0. The van der Waals surface area contributed by atoms with Gasteiger partial charge in [0.1, 0.15) is 0 Å². The maximum atomic E-state index is 13.5. The molecule has 0 saturated heterocycles. The molecule has 0 atom stereocenters. The van der Waals surface area contributed by atoms with Crippen LogP contribution in [0.2, 0.25) is 0 Å². The molecule has 0 aliphatic heterocycles. The van der Waals surface area contributed by atoms with Gasteiger partial charge in [0, 0.05) is 12.6 Å². The maximum absolute atomic E-state index is 13.5. The van der Waals surface area contributed by atoms with E-state index in [1.807, 2.05) is 0 Å². The first kappa shape index (κ1) is 17.8. The standard InChI is InChI=1S/C13H9F7N2/c14-11(15,12(16,17)13(18,19)20)10(6-7-21)22-8-9-4-2-1-3-5-9/h1-6,22H,8H2/b10-6-. The molecule has 0 aliphatic carbocycles. The van der Waals surface area contributed by atoms with Gasteiger partial charge >= 0.3 is 18.0 Å². The van der Waals surface area contributed by atoms with E-state index >= 15 is 0 Å². The van der Waals surface area contributed by atoms with E-state index < -0.39 is 30.3 Å². The van der Waals surface area contributed by atoms with Crippen LogP contribution < -0.4 is 5.32 Å². The summed E-state index contributed by atoms with van der Waals surface area (Å²) in [5, 5.41) is 10.1. The highest BCUT2D eigenvalue weighted by atomic mass is 19.4. The van der Waals surface area contributed by atoms with Crippen LogP contribution >= 0.6 is 0 Å². The first-order chi connectivity index (χ1) is 10.0. The van der Waals surface area contributed by atoms with E-state index in [9.17, 15) is 30.7 Å². The normalized spacial score (nSPS) is 13.6. The summed E-state index contributed by atoms with van der Waals surface area (Å²) in [6, 6.07) is 8.55. The molecule has 0 amide bonds. The number of allylic oxidation sites excluding steroid dienone is 2. The predicted octanol–water partition coefficient (Wildman–Crippen LogP) is 4.02. The van der Waals surface area contributed by atoms with Crippen LogP contribution in [0.5, 0.6) is 0 Å². The van der Waals surface area contributed by atoms with Crippen molar-refractivity contribution in [3.63, 3.8) is 0 Å². The van der Waals surface area contributed by atoms with Crippen molar-refractivity contribution in [2.24, 2.45) is 0 Å². The Balaban J connectivity index is 3.05. The largest absolute Gasteiger partial charge is 0.460 e. The Bertz CT molecular complexity index is 570. The Hall–Kier alpha value is -2.24. The van der Waals surface area contributed by atoms with E-state index in [4.69, 9.17) is 5.26 Å². The van der Waals surface area contributed by atoms with Crippen molar-refractivity contribution in [1.29, 1.82) is 5.26 Å². The van der Waals surface area contributed by atoms with Gasteiger partial charge in [0.05, 0.1) is 11.8 Å². The van der Waals surface area contributed by atoms with Gasteiger partial charge in [0.15, 0.2) is 0 Å². The molecule has 1 aromatic carbocycles. The number of nitrogens with one attached hydrogen (secondary N) is 1. The van der Waals surface area contributed by atoms with Crippen LogP contribution in [0, 0.1) is 11.3 Å². The van der Waals surface area contributed by atoms with Gasteiger partial charge in [-0.05, 0) is 5.56 Å². The summed E-state index contributed by atoms with van der Waals surface area (Å²) in [5.41, 5.74) is -1.45. The fourth-order valence-electron chi connectivity index (χ4n) is 1.46. The number of hydrogen-bond donors (Lipinski definition) is 1. The third-order valence-electron chi connectivity index (χ3n) is 2.62. The van der Waals surface area contributed by atoms with Gasteiger partial charge in [-0.2, -0.15) is 36.0 Å². The zero-order valence-electron chi connectivity index (χ0n) is 10.8. The highest BCUT2D eigenvalue weighted by molar-refractivity contribution is 5.25. The molecule has 1 rings (SSSR count). The quantitative estimate of drug-likeness (QED) is 0.655. The molecule has 0 heterocycles. The summed E-state index contributed by atoms with van der Waals surface area (Å²) >= 11 is 0. The van der Waals surface area contributed by atoms with Crippen molar-refractivity contribution in [3.05, 3.63) is 47.7 Å². The first-order valence-electron chi connectivity index (χ1n) is 5.74. The molecule has 22 heavy (non-hydrogen) atoms. The Morgan fingerprint density at radius 2 is 1.59 bits per heavy atom. The fraction of sp³-hybridized carbons (Fsp3) is 0.308. The monoisotopic (exact) mass is 326 g/mol. The molecule has 0 saturated carbocycles. The lowest BCUT2D eigenvalue weighted by Gasteiger charge is -2.30. The van der Waals surface area contributed by atoms with E-state index in [0.29, 0.717) is 5.56 Å². The number of benzene rings is 1. The van der Waals surface area contributed by atoms with Gasteiger partial charge in [-0.1, -0.05) is 30.3 Å². The topological polar surface area (TPSA) is 35.8 Å². The number of nitriles is 1. The molecular formula is C13H9F7N2.